The number of carbonyl (C=O) groups excluding carboxylic acids is 1. The van der Waals surface area contributed by atoms with E-state index >= 15 is 0 Å². The van der Waals surface area contributed by atoms with E-state index in [9.17, 15) is 4.79 Å². The van der Waals surface area contributed by atoms with Gasteiger partial charge in [0, 0.05) is 18.2 Å². The van der Waals surface area contributed by atoms with Crippen molar-refractivity contribution in [2.75, 3.05) is 31.8 Å². The molecular weight excluding hydrogens is 272 g/mol. The predicted molar refractivity (Wildman–Crippen MR) is 75.7 cm³/mol. The fourth-order valence-corrected chi connectivity index (χ4v) is 2.68. The van der Waals surface area contributed by atoms with E-state index in [0.29, 0.717) is 25.4 Å². The zero-order valence-electron chi connectivity index (χ0n) is 12.8. The van der Waals surface area contributed by atoms with Crippen molar-refractivity contribution in [1.29, 1.82) is 0 Å². The maximum absolute atomic E-state index is 12.5. The molecular formula is C14H20N4O3. The molecule has 0 radical (unpaired) electrons. The van der Waals surface area contributed by atoms with Crippen LogP contribution < -0.4 is 4.90 Å². The number of ether oxygens (including phenoxy) is 2. The highest BCUT2D eigenvalue weighted by Gasteiger charge is 2.37. The maximum atomic E-state index is 12.5. The minimum Gasteiger partial charge on any atom is -0.461 e. The number of carbonyl (C=O) groups is 1. The standard InChI is InChI=1S/C14H20N4O3/c1-9-11(12(19)21-7-14(3)5-20-6-14)10(2)18-13(17(9)4)15-8-16-18/h8,10H,5-7H2,1-4H3/t10-/m0/s1. The van der Waals surface area contributed by atoms with Gasteiger partial charge in [-0.05, 0) is 13.8 Å². The summed E-state index contributed by atoms with van der Waals surface area (Å²) in [5.74, 6) is 0.442. The topological polar surface area (TPSA) is 69.5 Å². The molecule has 0 bridgehead atoms. The first-order chi connectivity index (χ1) is 9.93. The van der Waals surface area contributed by atoms with Gasteiger partial charge in [-0.3, -0.25) is 0 Å². The van der Waals surface area contributed by atoms with Gasteiger partial charge in [0.15, 0.2) is 0 Å². The Kier molecular flexibility index (Phi) is 3.24. The summed E-state index contributed by atoms with van der Waals surface area (Å²) in [5, 5.41) is 4.19. The SMILES string of the molecule is CC1=C(C(=O)OCC2(C)COC2)[C@H](C)n2ncnc2N1C. The molecule has 7 heteroatoms. The van der Waals surface area contributed by atoms with Crippen LogP contribution in [0.2, 0.25) is 0 Å². The molecule has 2 aliphatic heterocycles. The fraction of sp³-hybridized carbons (Fsp3) is 0.643. The summed E-state index contributed by atoms with van der Waals surface area (Å²) in [4.78, 5) is 18.5. The van der Waals surface area contributed by atoms with Gasteiger partial charge in [0.05, 0.1) is 24.8 Å². The lowest BCUT2D eigenvalue weighted by Crippen LogP contribution is -2.44. The summed E-state index contributed by atoms with van der Waals surface area (Å²) in [6.07, 6.45) is 1.50. The molecule has 0 aromatic carbocycles. The number of rotatable bonds is 3. The number of hydrogen-bond acceptors (Lipinski definition) is 6. The highest BCUT2D eigenvalue weighted by atomic mass is 16.5. The lowest BCUT2D eigenvalue weighted by Gasteiger charge is -2.37. The van der Waals surface area contributed by atoms with Crippen molar-refractivity contribution >= 4 is 11.9 Å². The Labute approximate surface area is 123 Å². The first-order valence-electron chi connectivity index (χ1n) is 7.02. The van der Waals surface area contributed by atoms with Crippen LogP contribution in [-0.4, -0.2) is 47.6 Å². The Morgan fingerprint density at radius 1 is 1.57 bits per heavy atom. The van der Waals surface area contributed by atoms with Crippen molar-refractivity contribution in [2.45, 2.75) is 26.8 Å². The van der Waals surface area contributed by atoms with Gasteiger partial charge in [-0.25, -0.2) is 9.48 Å². The molecule has 0 amide bonds. The zero-order valence-corrected chi connectivity index (χ0v) is 12.8. The molecule has 0 N–H and O–H groups in total. The predicted octanol–water partition coefficient (Wildman–Crippen LogP) is 1.14. The molecule has 1 aromatic heterocycles. The first-order valence-corrected chi connectivity index (χ1v) is 7.02. The lowest BCUT2D eigenvalue weighted by atomic mass is 9.90. The van der Waals surface area contributed by atoms with Crippen LogP contribution in [0.1, 0.15) is 26.8 Å². The summed E-state index contributed by atoms with van der Waals surface area (Å²) in [7, 11) is 1.87. The van der Waals surface area contributed by atoms with E-state index in [-0.39, 0.29) is 17.4 Å². The van der Waals surface area contributed by atoms with Gasteiger partial charge >= 0.3 is 5.97 Å². The summed E-state index contributed by atoms with van der Waals surface area (Å²) in [6.45, 7) is 7.54. The van der Waals surface area contributed by atoms with E-state index in [1.165, 1.54) is 6.33 Å². The summed E-state index contributed by atoms with van der Waals surface area (Å²) >= 11 is 0. The largest absolute Gasteiger partial charge is 0.461 e. The van der Waals surface area contributed by atoms with Gasteiger partial charge in [0.1, 0.15) is 12.9 Å². The normalized spacial score (nSPS) is 23.6. The van der Waals surface area contributed by atoms with Gasteiger partial charge in [-0.15, -0.1) is 0 Å². The zero-order chi connectivity index (χ0) is 15.2. The molecule has 21 heavy (non-hydrogen) atoms. The second kappa shape index (κ2) is 4.84. The molecule has 7 nitrogen and oxygen atoms in total. The van der Waals surface area contributed by atoms with Crippen LogP contribution in [-0.2, 0) is 14.3 Å². The highest BCUT2D eigenvalue weighted by molar-refractivity contribution is 5.91. The van der Waals surface area contributed by atoms with E-state index in [1.54, 1.807) is 4.68 Å². The lowest BCUT2D eigenvalue weighted by molar-refractivity contribution is -0.162. The molecule has 2 aliphatic rings. The Morgan fingerprint density at radius 3 is 2.90 bits per heavy atom. The number of anilines is 1. The summed E-state index contributed by atoms with van der Waals surface area (Å²) in [5.41, 5.74) is 1.43. The van der Waals surface area contributed by atoms with E-state index in [2.05, 4.69) is 17.0 Å². The van der Waals surface area contributed by atoms with Crippen molar-refractivity contribution in [3.05, 3.63) is 17.6 Å². The van der Waals surface area contributed by atoms with Gasteiger partial charge in [0.2, 0.25) is 5.95 Å². The van der Waals surface area contributed by atoms with Gasteiger partial charge in [-0.2, -0.15) is 10.1 Å². The van der Waals surface area contributed by atoms with Crippen LogP contribution in [0.3, 0.4) is 0 Å². The molecule has 0 spiro atoms. The Bertz CT molecular complexity index is 603. The van der Waals surface area contributed by atoms with Crippen LogP contribution in [0.5, 0.6) is 0 Å². The number of allylic oxidation sites excluding steroid dienone is 1. The minimum absolute atomic E-state index is 0.0493. The van der Waals surface area contributed by atoms with Crippen molar-refractivity contribution < 1.29 is 14.3 Å². The van der Waals surface area contributed by atoms with E-state index in [0.717, 1.165) is 11.6 Å². The average Bonchev–Trinajstić information content (AvgIpc) is 2.90. The Hall–Kier alpha value is -1.89. The van der Waals surface area contributed by atoms with Crippen molar-refractivity contribution in [3.63, 3.8) is 0 Å². The average molecular weight is 292 g/mol. The third-order valence-electron chi connectivity index (χ3n) is 4.20. The van der Waals surface area contributed by atoms with Crippen LogP contribution in [0.25, 0.3) is 0 Å². The van der Waals surface area contributed by atoms with Crippen molar-refractivity contribution in [2.24, 2.45) is 5.41 Å². The van der Waals surface area contributed by atoms with Crippen LogP contribution in [0.15, 0.2) is 17.6 Å². The third-order valence-corrected chi connectivity index (χ3v) is 4.20. The van der Waals surface area contributed by atoms with E-state index in [1.807, 2.05) is 25.8 Å². The second-order valence-electron chi connectivity index (χ2n) is 6.12. The van der Waals surface area contributed by atoms with Gasteiger partial charge < -0.3 is 14.4 Å². The van der Waals surface area contributed by atoms with Crippen molar-refractivity contribution in [3.8, 4) is 0 Å². The number of esters is 1. The van der Waals surface area contributed by atoms with E-state index in [4.69, 9.17) is 9.47 Å². The summed E-state index contributed by atoms with van der Waals surface area (Å²) < 4.78 is 12.4. The highest BCUT2D eigenvalue weighted by Crippen LogP contribution is 2.33. The van der Waals surface area contributed by atoms with Crippen molar-refractivity contribution in [1.82, 2.24) is 14.8 Å². The molecule has 1 aromatic rings. The smallest absolute Gasteiger partial charge is 0.337 e. The second-order valence-corrected chi connectivity index (χ2v) is 6.12. The molecule has 3 heterocycles. The number of fused-ring (bicyclic) bond motifs is 1. The monoisotopic (exact) mass is 292 g/mol. The maximum Gasteiger partial charge on any atom is 0.337 e. The fourth-order valence-electron chi connectivity index (χ4n) is 2.68. The van der Waals surface area contributed by atoms with Crippen LogP contribution >= 0.6 is 0 Å². The molecule has 0 aliphatic carbocycles. The van der Waals surface area contributed by atoms with Crippen LogP contribution in [0.4, 0.5) is 5.95 Å². The summed E-state index contributed by atoms with van der Waals surface area (Å²) in [6, 6.07) is -0.184. The van der Waals surface area contributed by atoms with Gasteiger partial charge in [-0.1, -0.05) is 6.92 Å². The van der Waals surface area contributed by atoms with Crippen LogP contribution in [0, 0.1) is 5.41 Å². The molecule has 114 valence electrons. The number of aromatic nitrogens is 3. The first kappa shape index (κ1) is 14.1. The quantitative estimate of drug-likeness (QED) is 0.778. The minimum atomic E-state index is -0.291. The molecule has 0 saturated carbocycles. The molecule has 0 unspecified atom stereocenters. The number of hydrogen-bond donors (Lipinski definition) is 0. The Morgan fingerprint density at radius 2 is 2.29 bits per heavy atom. The molecule has 1 atom stereocenters. The van der Waals surface area contributed by atoms with Gasteiger partial charge in [0.25, 0.3) is 0 Å². The third kappa shape index (κ3) is 2.21. The Balaban J connectivity index is 1.79. The van der Waals surface area contributed by atoms with E-state index < -0.39 is 0 Å². The molecule has 1 fully saturated rings. The molecule has 3 rings (SSSR count). The molecule has 1 saturated heterocycles. The number of nitrogens with zero attached hydrogens (tertiary/aromatic N) is 4.